The number of unbranched alkanes of at least 4 members (excludes halogenated alkanes) is 1. The van der Waals surface area contributed by atoms with Crippen LogP contribution in [0.4, 0.5) is 5.95 Å². The monoisotopic (exact) mass is 405 g/mol. The third-order valence-electron chi connectivity index (χ3n) is 4.07. The number of hydrogen-bond donors (Lipinski definition) is 1. The molecule has 0 aliphatic carbocycles. The van der Waals surface area contributed by atoms with Crippen molar-refractivity contribution in [3.63, 3.8) is 0 Å². The molecule has 3 rings (SSSR count). The molecule has 0 amide bonds. The fourth-order valence-corrected chi connectivity index (χ4v) is 3.01. The average molecular weight is 406 g/mol. The van der Waals surface area contributed by atoms with E-state index in [1.165, 1.54) is 0 Å². The highest BCUT2D eigenvalue weighted by molar-refractivity contribution is 6.35. The number of rotatable bonds is 9. The summed E-state index contributed by atoms with van der Waals surface area (Å²) in [7, 11) is 0. The smallest absolute Gasteiger partial charge is 0.243 e. The molecule has 1 N–H and O–H groups in total. The van der Waals surface area contributed by atoms with Crippen LogP contribution >= 0.6 is 23.2 Å². The minimum absolute atomic E-state index is 0.322. The van der Waals surface area contributed by atoms with E-state index in [1.807, 2.05) is 30.3 Å². The van der Waals surface area contributed by atoms with Crippen molar-refractivity contribution in [1.82, 2.24) is 20.2 Å². The van der Waals surface area contributed by atoms with Crippen LogP contribution in [0.5, 0.6) is 5.75 Å². The lowest BCUT2D eigenvalue weighted by Crippen LogP contribution is -2.09. The SMILES string of the molecule is CCCCn1nnnc1NCc1ccc(OCc2c(Cl)cccc2Cl)cc1. The van der Waals surface area contributed by atoms with Crippen molar-refractivity contribution in [3.8, 4) is 5.75 Å². The van der Waals surface area contributed by atoms with Gasteiger partial charge in [0.2, 0.25) is 5.95 Å². The largest absolute Gasteiger partial charge is 0.489 e. The standard InChI is InChI=1S/C19H21Cl2N5O/c1-2-3-11-26-19(23-24-25-26)22-12-14-7-9-15(10-8-14)27-13-16-17(20)5-4-6-18(16)21/h4-10H,2-3,11-13H2,1H3,(H,22,23,25). The fourth-order valence-electron chi connectivity index (χ4n) is 2.50. The first-order chi connectivity index (χ1) is 13.2. The summed E-state index contributed by atoms with van der Waals surface area (Å²) in [6.45, 7) is 3.90. The lowest BCUT2D eigenvalue weighted by molar-refractivity contribution is 0.306. The molecule has 6 nitrogen and oxygen atoms in total. The Balaban J connectivity index is 1.54. The summed E-state index contributed by atoms with van der Waals surface area (Å²) in [4.78, 5) is 0. The zero-order valence-corrected chi connectivity index (χ0v) is 16.5. The van der Waals surface area contributed by atoms with Crippen LogP contribution in [-0.4, -0.2) is 20.2 Å². The lowest BCUT2D eigenvalue weighted by Gasteiger charge is -2.10. The van der Waals surface area contributed by atoms with Crippen molar-refractivity contribution < 1.29 is 4.74 Å². The van der Waals surface area contributed by atoms with Gasteiger partial charge >= 0.3 is 0 Å². The summed E-state index contributed by atoms with van der Waals surface area (Å²) in [5.74, 6) is 1.43. The zero-order chi connectivity index (χ0) is 19.1. The van der Waals surface area contributed by atoms with Crippen molar-refractivity contribution in [2.75, 3.05) is 5.32 Å². The molecule has 0 spiro atoms. The summed E-state index contributed by atoms with van der Waals surface area (Å²) < 4.78 is 7.58. The van der Waals surface area contributed by atoms with Crippen LogP contribution < -0.4 is 10.1 Å². The quantitative estimate of drug-likeness (QED) is 0.544. The Morgan fingerprint density at radius 2 is 1.81 bits per heavy atom. The second kappa shape index (κ2) is 9.58. The van der Waals surface area contributed by atoms with Gasteiger partial charge in [0, 0.05) is 28.7 Å². The van der Waals surface area contributed by atoms with Crippen LogP contribution in [0.15, 0.2) is 42.5 Å². The second-order valence-electron chi connectivity index (χ2n) is 6.07. The third-order valence-corrected chi connectivity index (χ3v) is 4.78. The molecule has 0 radical (unpaired) electrons. The minimum atomic E-state index is 0.322. The molecule has 0 aliphatic heterocycles. The number of benzene rings is 2. The topological polar surface area (TPSA) is 64.9 Å². The summed E-state index contributed by atoms with van der Waals surface area (Å²) in [6, 6.07) is 13.2. The van der Waals surface area contributed by atoms with E-state index in [2.05, 4.69) is 27.8 Å². The first-order valence-corrected chi connectivity index (χ1v) is 9.57. The number of tetrazole rings is 1. The first kappa shape index (κ1) is 19.5. The van der Waals surface area contributed by atoms with Gasteiger partial charge in [-0.2, -0.15) is 0 Å². The molecule has 0 bridgehead atoms. The van der Waals surface area contributed by atoms with Crippen LogP contribution in [0.2, 0.25) is 10.0 Å². The molecule has 0 fully saturated rings. The van der Waals surface area contributed by atoms with Gasteiger partial charge in [0.1, 0.15) is 12.4 Å². The van der Waals surface area contributed by atoms with Crippen LogP contribution in [-0.2, 0) is 19.7 Å². The second-order valence-corrected chi connectivity index (χ2v) is 6.88. The van der Waals surface area contributed by atoms with Gasteiger partial charge in [0.05, 0.1) is 0 Å². The Bertz CT molecular complexity index is 847. The van der Waals surface area contributed by atoms with Crippen molar-refractivity contribution in [2.45, 2.75) is 39.5 Å². The predicted molar refractivity (Wildman–Crippen MR) is 107 cm³/mol. The van der Waals surface area contributed by atoms with Gasteiger partial charge < -0.3 is 10.1 Å². The van der Waals surface area contributed by atoms with Crippen LogP contribution in [0.1, 0.15) is 30.9 Å². The van der Waals surface area contributed by atoms with Gasteiger partial charge in [-0.25, -0.2) is 4.68 Å². The highest BCUT2D eigenvalue weighted by Gasteiger charge is 2.07. The number of aryl methyl sites for hydroxylation is 1. The molecule has 3 aromatic rings. The number of nitrogens with zero attached hydrogens (tertiary/aromatic N) is 4. The Morgan fingerprint density at radius 3 is 2.52 bits per heavy atom. The molecule has 0 atom stereocenters. The normalized spacial score (nSPS) is 10.8. The molecular weight excluding hydrogens is 385 g/mol. The molecule has 0 saturated carbocycles. The highest BCUT2D eigenvalue weighted by Crippen LogP contribution is 2.26. The van der Waals surface area contributed by atoms with E-state index in [4.69, 9.17) is 27.9 Å². The third kappa shape index (κ3) is 5.34. The Morgan fingerprint density at radius 1 is 1.07 bits per heavy atom. The first-order valence-electron chi connectivity index (χ1n) is 8.82. The van der Waals surface area contributed by atoms with E-state index >= 15 is 0 Å². The number of hydrogen-bond acceptors (Lipinski definition) is 5. The number of nitrogens with one attached hydrogen (secondary N) is 1. The summed E-state index contributed by atoms with van der Waals surface area (Å²) in [5, 5.41) is 16.2. The minimum Gasteiger partial charge on any atom is -0.489 e. The van der Waals surface area contributed by atoms with E-state index in [0.717, 1.165) is 36.3 Å². The molecular formula is C19H21Cl2N5O. The fraction of sp³-hybridized carbons (Fsp3) is 0.316. The molecule has 0 aliphatic rings. The molecule has 2 aromatic carbocycles. The van der Waals surface area contributed by atoms with Crippen LogP contribution in [0.3, 0.4) is 0 Å². The van der Waals surface area contributed by atoms with E-state index in [1.54, 1.807) is 16.8 Å². The van der Waals surface area contributed by atoms with Gasteiger partial charge in [-0.05, 0) is 46.7 Å². The van der Waals surface area contributed by atoms with Gasteiger partial charge in [0.15, 0.2) is 0 Å². The predicted octanol–water partition coefficient (Wildman–Crippen LogP) is 4.97. The maximum Gasteiger partial charge on any atom is 0.243 e. The maximum atomic E-state index is 6.16. The summed E-state index contributed by atoms with van der Waals surface area (Å²) in [5.41, 5.74) is 1.88. The van der Waals surface area contributed by atoms with E-state index < -0.39 is 0 Å². The number of anilines is 1. The van der Waals surface area contributed by atoms with E-state index in [-0.39, 0.29) is 0 Å². The van der Waals surface area contributed by atoms with Gasteiger partial charge in [-0.15, -0.1) is 0 Å². The molecule has 0 unspecified atom stereocenters. The average Bonchev–Trinajstić information content (AvgIpc) is 3.12. The number of aromatic nitrogens is 4. The molecule has 142 valence electrons. The summed E-state index contributed by atoms with van der Waals surface area (Å²) in [6.07, 6.45) is 2.14. The van der Waals surface area contributed by atoms with Crippen LogP contribution in [0.25, 0.3) is 0 Å². The lowest BCUT2D eigenvalue weighted by atomic mass is 10.2. The van der Waals surface area contributed by atoms with Crippen molar-refractivity contribution in [3.05, 3.63) is 63.6 Å². The highest BCUT2D eigenvalue weighted by atomic mass is 35.5. The van der Waals surface area contributed by atoms with Gasteiger partial charge in [-0.1, -0.05) is 59.8 Å². The maximum absolute atomic E-state index is 6.16. The van der Waals surface area contributed by atoms with Crippen molar-refractivity contribution >= 4 is 29.2 Å². The van der Waals surface area contributed by atoms with E-state index in [0.29, 0.717) is 29.1 Å². The van der Waals surface area contributed by atoms with Crippen molar-refractivity contribution in [2.24, 2.45) is 0 Å². The summed E-state index contributed by atoms with van der Waals surface area (Å²) >= 11 is 12.3. The van der Waals surface area contributed by atoms with Gasteiger partial charge in [0.25, 0.3) is 0 Å². The van der Waals surface area contributed by atoms with E-state index in [9.17, 15) is 0 Å². The Hall–Kier alpha value is -2.31. The molecule has 27 heavy (non-hydrogen) atoms. The molecule has 0 saturated heterocycles. The Labute approximate surface area is 168 Å². The number of halogens is 2. The molecule has 1 aromatic heterocycles. The van der Waals surface area contributed by atoms with Gasteiger partial charge in [-0.3, -0.25) is 0 Å². The Kier molecular flexibility index (Phi) is 6.90. The van der Waals surface area contributed by atoms with Crippen LogP contribution in [0, 0.1) is 0 Å². The van der Waals surface area contributed by atoms with Crippen molar-refractivity contribution in [1.29, 1.82) is 0 Å². The molecule has 8 heteroatoms. The zero-order valence-electron chi connectivity index (χ0n) is 15.0. The molecule has 1 heterocycles. The number of ether oxygens (including phenoxy) is 1.